The summed E-state index contributed by atoms with van der Waals surface area (Å²) >= 11 is 1.72. The molecule has 0 aromatic carbocycles. The predicted octanol–water partition coefficient (Wildman–Crippen LogP) is 2.19. The molecular weight excluding hydrogens is 258 g/mol. The number of hydrogen-bond acceptors (Lipinski definition) is 5. The van der Waals surface area contributed by atoms with Crippen LogP contribution in [0, 0.1) is 0 Å². The average molecular weight is 279 g/mol. The maximum Gasteiger partial charge on any atom is 0.186 e. The lowest BCUT2D eigenvalue weighted by Crippen LogP contribution is -2.41. The van der Waals surface area contributed by atoms with Gasteiger partial charge < -0.3 is 9.80 Å². The minimum Gasteiger partial charge on any atom is -0.348 e. The number of ketones is 1. The van der Waals surface area contributed by atoms with Crippen LogP contribution in [0.4, 0.5) is 5.13 Å². The molecule has 4 nitrogen and oxygen atoms in total. The Morgan fingerprint density at radius 1 is 1.32 bits per heavy atom. The van der Waals surface area contributed by atoms with Crippen LogP contribution in [0.25, 0.3) is 0 Å². The summed E-state index contributed by atoms with van der Waals surface area (Å²) in [6.07, 6.45) is 5.07. The Labute approximate surface area is 118 Å². The number of piperidine rings is 1. The minimum absolute atomic E-state index is 0.237. The van der Waals surface area contributed by atoms with Crippen molar-refractivity contribution in [3.63, 3.8) is 0 Å². The van der Waals surface area contributed by atoms with E-state index in [4.69, 9.17) is 0 Å². The first-order valence-corrected chi connectivity index (χ1v) is 7.91. The van der Waals surface area contributed by atoms with E-state index in [-0.39, 0.29) is 5.78 Å². The number of carbonyl (C=O) groups excluding carboxylic acids is 1. The van der Waals surface area contributed by atoms with Crippen molar-refractivity contribution in [2.75, 3.05) is 32.1 Å². The molecule has 5 heteroatoms. The topological polar surface area (TPSA) is 36.4 Å². The fourth-order valence-corrected chi connectivity index (χ4v) is 4.10. The van der Waals surface area contributed by atoms with E-state index in [9.17, 15) is 4.79 Å². The first-order valence-electron chi connectivity index (χ1n) is 7.09. The molecule has 1 fully saturated rings. The lowest BCUT2D eigenvalue weighted by molar-refractivity contribution is 0.0968. The SMILES string of the molecule is CN1CCC(N(C)c2nc3c(s2)CCCC3=O)CC1. The largest absolute Gasteiger partial charge is 0.348 e. The molecule has 1 aromatic heterocycles. The van der Waals surface area contributed by atoms with Crippen molar-refractivity contribution in [1.82, 2.24) is 9.88 Å². The van der Waals surface area contributed by atoms with Crippen LogP contribution in [0.2, 0.25) is 0 Å². The third-order valence-corrected chi connectivity index (χ3v) is 5.50. The van der Waals surface area contributed by atoms with E-state index in [1.807, 2.05) is 0 Å². The van der Waals surface area contributed by atoms with E-state index in [1.54, 1.807) is 11.3 Å². The Bertz CT molecular complexity index is 477. The molecule has 1 aliphatic carbocycles. The molecule has 0 radical (unpaired) electrons. The summed E-state index contributed by atoms with van der Waals surface area (Å²) in [6.45, 7) is 2.30. The number of likely N-dealkylation sites (tertiary alicyclic amines) is 1. The Kier molecular flexibility index (Phi) is 3.58. The second-order valence-electron chi connectivity index (χ2n) is 5.69. The van der Waals surface area contributed by atoms with Gasteiger partial charge in [0.2, 0.25) is 0 Å². The predicted molar refractivity (Wildman–Crippen MR) is 78.3 cm³/mol. The number of anilines is 1. The van der Waals surface area contributed by atoms with Gasteiger partial charge in [0, 0.05) is 24.4 Å². The van der Waals surface area contributed by atoms with E-state index >= 15 is 0 Å². The number of aromatic nitrogens is 1. The summed E-state index contributed by atoms with van der Waals surface area (Å²) in [5.41, 5.74) is 0.756. The van der Waals surface area contributed by atoms with Crippen LogP contribution in [0.5, 0.6) is 0 Å². The van der Waals surface area contributed by atoms with E-state index in [0.717, 1.165) is 36.8 Å². The van der Waals surface area contributed by atoms with Gasteiger partial charge in [0.25, 0.3) is 0 Å². The van der Waals surface area contributed by atoms with Gasteiger partial charge in [-0.3, -0.25) is 4.79 Å². The zero-order chi connectivity index (χ0) is 13.4. The monoisotopic (exact) mass is 279 g/mol. The summed E-state index contributed by atoms with van der Waals surface area (Å²) in [4.78, 5) is 22.3. The third kappa shape index (κ3) is 2.54. The van der Waals surface area contributed by atoms with E-state index < -0.39 is 0 Å². The Morgan fingerprint density at radius 3 is 2.74 bits per heavy atom. The highest BCUT2D eigenvalue weighted by molar-refractivity contribution is 7.16. The van der Waals surface area contributed by atoms with Crippen LogP contribution in [0.1, 0.15) is 41.0 Å². The maximum atomic E-state index is 11.9. The van der Waals surface area contributed by atoms with E-state index in [1.165, 1.54) is 17.7 Å². The second kappa shape index (κ2) is 5.21. The van der Waals surface area contributed by atoms with Crippen molar-refractivity contribution in [2.45, 2.75) is 38.1 Å². The summed E-state index contributed by atoms with van der Waals surface area (Å²) in [7, 11) is 4.31. The maximum absolute atomic E-state index is 11.9. The van der Waals surface area contributed by atoms with Crippen LogP contribution in [-0.2, 0) is 6.42 Å². The number of fused-ring (bicyclic) bond motifs is 1. The fraction of sp³-hybridized carbons (Fsp3) is 0.714. The summed E-state index contributed by atoms with van der Waals surface area (Å²) in [6, 6.07) is 0.568. The summed E-state index contributed by atoms with van der Waals surface area (Å²) < 4.78 is 0. The van der Waals surface area contributed by atoms with Crippen molar-refractivity contribution in [3.05, 3.63) is 10.6 Å². The van der Waals surface area contributed by atoms with Crippen LogP contribution < -0.4 is 4.90 Å². The molecule has 0 amide bonds. The molecule has 0 saturated carbocycles. The quantitative estimate of drug-likeness (QED) is 0.831. The number of thiazole rings is 1. The number of hydrogen-bond donors (Lipinski definition) is 0. The standard InChI is InChI=1S/C14H21N3OS/c1-16-8-6-10(7-9-16)17(2)14-15-13-11(18)4-3-5-12(13)19-14/h10H,3-9H2,1-2H3. The average Bonchev–Trinajstić information content (AvgIpc) is 2.84. The molecular formula is C14H21N3OS. The molecule has 0 spiro atoms. The molecule has 104 valence electrons. The Balaban J connectivity index is 1.77. The molecule has 1 aromatic rings. The van der Waals surface area contributed by atoms with Crippen LogP contribution >= 0.6 is 11.3 Å². The Morgan fingerprint density at radius 2 is 2.05 bits per heavy atom. The van der Waals surface area contributed by atoms with Crippen molar-refractivity contribution in [1.29, 1.82) is 0 Å². The molecule has 0 bridgehead atoms. The van der Waals surface area contributed by atoms with Gasteiger partial charge in [-0.1, -0.05) is 0 Å². The zero-order valence-corrected chi connectivity index (χ0v) is 12.5. The van der Waals surface area contributed by atoms with Gasteiger partial charge in [-0.05, 0) is 45.8 Å². The first kappa shape index (κ1) is 13.1. The van der Waals surface area contributed by atoms with E-state index in [0.29, 0.717) is 12.5 Å². The molecule has 0 atom stereocenters. The van der Waals surface area contributed by atoms with E-state index in [2.05, 4.69) is 28.9 Å². The molecule has 19 heavy (non-hydrogen) atoms. The molecule has 0 N–H and O–H groups in total. The van der Waals surface area contributed by atoms with Gasteiger partial charge >= 0.3 is 0 Å². The molecule has 1 aliphatic heterocycles. The molecule has 3 rings (SSSR count). The van der Waals surface area contributed by atoms with Crippen molar-refractivity contribution in [3.8, 4) is 0 Å². The van der Waals surface area contributed by atoms with Crippen LogP contribution in [0.3, 0.4) is 0 Å². The first-order chi connectivity index (χ1) is 9.15. The van der Waals surface area contributed by atoms with Gasteiger partial charge in [0.15, 0.2) is 10.9 Å². The highest BCUT2D eigenvalue weighted by Crippen LogP contribution is 2.33. The lowest BCUT2D eigenvalue weighted by Gasteiger charge is -2.34. The van der Waals surface area contributed by atoms with Crippen molar-refractivity contribution in [2.24, 2.45) is 0 Å². The molecule has 2 aliphatic rings. The zero-order valence-electron chi connectivity index (χ0n) is 11.7. The van der Waals surface area contributed by atoms with Gasteiger partial charge in [0.05, 0.1) is 0 Å². The lowest BCUT2D eigenvalue weighted by atomic mass is 10.0. The van der Waals surface area contributed by atoms with Crippen molar-refractivity contribution >= 4 is 22.3 Å². The number of aryl methyl sites for hydroxylation is 1. The second-order valence-corrected chi connectivity index (χ2v) is 6.75. The third-order valence-electron chi connectivity index (χ3n) is 4.30. The summed E-state index contributed by atoms with van der Waals surface area (Å²) in [5, 5.41) is 1.04. The summed E-state index contributed by atoms with van der Waals surface area (Å²) in [5.74, 6) is 0.237. The van der Waals surface area contributed by atoms with Crippen LogP contribution in [-0.4, -0.2) is 48.9 Å². The minimum atomic E-state index is 0.237. The molecule has 2 heterocycles. The smallest absolute Gasteiger partial charge is 0.186 e. The normalized spacial score (nSPS) is 21.5. The number of Topliss-reactive ketones (excluding diaryl/α,β-unsaturated/α-hetero) is 1. The highest BCUT2D eigenvalue weighted by atomic mass is 32.1. The van der Waals surface area contributed by atoms with Gasteiger partial charge in [0.1, 0.15) is 5.69 Å². The molecule has 0 unspecified atom stereocenters. The Hall–Kier alpha value is -0.940. The fourth-order valence-electron chi connectivity index (χ4n) is 2.94. The van der Waals surface area contributed by atoms with Crippen LogP contribution in [0.15, 0.2) is 0 Å². The number of rotatable bonds is 2. The van der Waals surface area contributed by atoms with Crippen molar-refractivity contribution < 1.29 is 4.79 Å². The molecule has 1 saturated heterocycles. The van der Waals surface area contributed by atoms with Gasteiger partial charge in [-0.15, -0.1) is 11.3 Å². The highest BCUT2D eigenvalue weighted by Gasteiger charge is 2.27. The number of nitrogens with zero attached hydrogens (tertiary/aromatic N) is 3. The van der Waals surface area contributed by atoms with Gasteiger partial charge in [-0.25, -0.2) is 4.98 Å². The number of carbonyl (C=O) groups is 1. The van der Waals surface area contributed by atoms with Gasteiger partial charge in [-0.2, -0.15) is 0 Å².